The quantitative estimate of drug-likeness (QED) is 0.373. The fraction of sp³-hybridized carbons (Fsp3) is 0.773. The summed E-state index contributed by atoms with van der Waals surface area (Å²) in [6.45, 7) is 4.03. The van der Waals surface area contributed by atoms with E-state index in [2.05, 4.69) is 25.2 Å². The number of rotatable bonds is 11. The topological polar surface area (TPSA) is 77.8 Å². The number of carboxylic acids is 1. The normalized spacial score (nSPS) is 30.4. The van der Waals surface area contributed by atoms with Gasteiger partial charge in [-0.05, 0) is 63.7 Å². The second kappa shape index (κ2) is 9.70. The molecule has 26 heavy (non-hydrogen) atoms. The van der Waals surface area contributed by atoms with E-state index in [0.29, 0.717) is 18.3 Å². The monoisotopic (exact) mass is 364 g/mol. The molecule has 4 nitrogen and oxygen atoms in total. The Bertz CT molecular complexity index is 520. The summed E-state index contributed by atoms with van der Waals surface area (Å²) in [5.74, 6) is 0.381. The first-order valence-electron chi connectivity index (χ1n) is 10.3. The van der Waals surface area contributed by atoms with E-state index in [1.54, 1.807) is 0 Å². The highest BCUT2D eigenvalue weighted by molar-refractivity contribution is 5.66. The van der Waals surface area contributed by atoms with Gasteiger partial charge in [-0.3, -0.25) is 4.79 Å². The summed E-state index contributed by atoms with van der Waals surface area (Å²) in [6.07, 6.45) is 14.6. The third kappa shape index (κ3) is 6.24. The van der Waals surface area contributed by atoms with Gasteiger partial charge in [0.15, 0.2) is 0 Å². The zero-order chi connectivity index (χ0) is 19.2. The average molecular weight is 365 g/mol. The molecule has 0 amide bonds. The molecule has 0 saturated heterocycles. The summed E-state index contributed by atoms with van der Waals surface area (Å²) >= 11 is 0. The van der Waals surface area contributed by atoms with E-state index in [-0.39, 0.29) is 18.4 Å². The Labute approximate surface area is 158 Å². The van der Waals surface area contributed by atoms with Crippen molar-refractivity contribution in [2.24, 2.45) is 17.8 Å². The first-order valence-corrected chi connectivity index (χ1v) is 10.3. The number of fused-ring (bicyclic) bond motifs is 1. The summed E-state index contributed by atoms with van der Waals surface area (Å²) in [6, 6.07) is 0. The minimum absolute atomic E-state index is 0.176. The van der Waals surface area contributed by atoms with E-state index in [0.717, 1.165) is 51.4 Å². The van der Waals surface area contributed by atoms with Gasteiger partial charge < -0.3 is 15.3 Å². The molecule has 0 unspecified atom stereocenters. The number of allylic oxidation sites excluding steroid dienone is 2. The van der Waals surface area contributed by atoms with Gasteiger partial charge in [0.1, 0.15) is 0 Å². The highest BCUT2D eigenvalue weighted by atomic mass is 16.4. The molecule has 148 valence electrons. The van der Waals surface area contributed by atoms with Crippen molar-refractivity contribution in [1.82, 2.24) is 0 Å². The lowest BCUT2D eigenvalue weighted by Crippen LogP contribution is -2.23. The van der Waals surface area contributed by atoms with Crippen molar-refractivity contribution in [3.05, 3.63) is 23.8 Å². The predicted molar refractivity (Wildman–Crippen MR) is 104 cm³/mol. The van der Waals surface area contributed by atoms with Crippen LogP contribution >= 0.6 is 0 Å². The molecule has 1 fully saturated rings. The van der Waals surface area contributed by atoms with Gasteiger partial charge >= 0.3 is 5.97 Å². The van der Waals surface area contributed by atoms with Crippen molar-refractivity contribution < 1.29 is 20.1 Å². The smallest absolute Gasteiger partial charge is 0.303 e. The molecule has 5 atom stereocenters. The van der Waals surface area contributed by atoms with Crippen LogP contribution in [0.15, 0.2) is 23.8 Å². The van der Waals surface area contributed by atoms with Crippen molar-refractivity contribution in [3.63, 3.8) is 0 Å². The van der Waals surface area contributed by atoms with Crippen molar-refractivity contribution >= 4 is 5.97 Å². The van der Waals surface area contributed by atoms with Crippen LogP contribution in [-0.4, -0.2) is 33.0 Å². The summed E-state index contributed by atoms with van der Waals surface area (Å²) in [5, 5.41) is 29.5. The fourth-order valence-electron chi connectivity index (χ4n) is 4.56. The number of carboxylic acid groups (broad SMARTS) is 1. The van der Waals surface area contributed by atoms with Crippen LogP contribution in [0.1, 0.15) is 78.1 Å². The lowest BCUT2D eigenvalue weighted by atomic mass is 9.87. The van der Waals surface area contributed by atoms with Crippen molar-refractivity contribution in [3.8, 4) is 0 Å². The first kappa shape index (κ1) is 21.2. The number of aliphatic hydroxyl groups is 2. The van der Waals surface area contributed by atoms with Crippen LogP contribution in [0.25, 0.3) is 0 Å². The maximum absolute atomic E-state index is 10.6. The fourth-order valence-corrected chi connectivity index (χ4v) is 4.56. The van der Waals surface area contributed by atoms with Gasteiger partial charge in [0, 0.05) is 12.3 Å². The number of aliphatic carboxylic acids is 1. The minimum Gasteiger partial charge on any atom is -0.481 e. The molecule has 2 aliphatic rings. The van der Waals surface area contributed by atoms with E-state index < -0.39 is 11.6 Å². The van der Waals surface area contributed by atoms with E-state index in [1.807, 2.05) is 6.92 Å². The highest BCUT2D eigenvalue weighted by Gasteiger charge is 2.43. The van der Waals surface area contributed by atoms with Gasteiger partial charge in [-0.25, -0.2) is 0 Å². The molecule has 0 aromatic carbocycles. The molecule has 0 bridgehead atoms. The number of carbonyl (C=O) groups is 1. The Balaban J connectivity index is 1.81. The van der Waals surface area contributed by atoms with Crippen LogP contribution in [0.2, 0.25) is 0 Å². The van der Waals surface area contributed by atoms with Crippen molar-refractivity contribution in [2.45, 2.75) is 89.8 Å². The molecule has 3 N–H and O–H groups in total. The third-order valence-corrected chi connectivity index (χ3v) is 6.07. The molecule has 0 aliphatic heterocycles. The molecule has 0 radical (unpaired) electrons. The summed E-state index contributed by atoms with van der Waals surface area (Å²) in [7, 11) is 0. The van der Waals surface area contributed by atoms with Crippen LogP contribution in [0.4, 0.5) is 0 Å². The van der Waals surface area contributed by atoms with Crippen LogP contribution in [-0.2, 0) is 4.79 Å². The molecular weight excluding hydrogens is 328 g/mol. The number of hydrogen-bond donors (Lipinski definition) is 3. The number of hydrogen-bond acceptors (Lipinski definition) is 3. The second-order valence-corrected chi connectivity index (χ2v) is 8.57. The van der Waals surface area contributed by atoms with Crippen LogP contribution in [0.3, 0.4) is 0 Å². The molecular formula is C22H36O4. The first-order chi connectivity index (χ1) is 12.3. The van der Waals surface area contributed by atoms with Gasteiger partial charge in [0.2, 0.25) is 0 Å². The minimum atomic E-state index is -0.717. The lowest BCUT2D eigenvalue weighted by molar-refractivity contribution is -0.137. The van der Waals surface area contributed by atoms with Crippen molar-refractivity contribution in [2.75, 3.05) is 0 Å². The molecule has 2 rings (SSSR count). The molecule has 0 aromatic heterocycles. The molecule has 1 saturated carbocycles. The summed E-state index contributed by atoms with van der Waals surface area (Å²) < 4.78 is 0. The average Bonchev–Trinajstić information content (AvgIpc) is 3.07. The van der Waals surface area contributed by atoms with Crippen LogP contribution in [0, 0.1) is 17.8 Å². The van der Waals surface area contributed by atoms with Gasteiger partial charge in [-0.15, -0.1) is 0 Å². The Morgan fingerprint density at radius 1 is 1.35 bits per heavy atom. The van der Waals surface area contributed by atoms with Crippen molar-refractivity contribution in [1.29, 1.82) is 0 Å². The van der Waals surface area contributed by atoms with Gasteiger partial charge in [0.25, 0.3) is 0 Å². The van der Waals surface area contributed by atoms with E-state index in [4.69, 9.17) is 5.11 Å². The zero-order valence-electron chi connectivity index (χ0n) is 16.4. The Morgan fingerprint density at radius 3 is 2.81 bits per heavy atom. The molecule has 2 aliphatic carbocycles. The standard InChI is InChI=1S/C22H36O4/c1-3-4-11-22(2,26)12-7-9-18-19-14-16(8-5-6-10-21(24)25)13-17(19)15-20(18)23/h7,9,13,17-20,23,26H,3-6,8,10-12,14-15H2,1-2H3,(H,24,25)/b9-7+/t17-,18-,19-,20+,22-/m0/s1. The Morgan fingerprint density at radius 2 is 2.12 bits per heavy atom. The Hall–Kier alpha value is -1.13. The largest absolute Gasteiger partial charge is 0.481 e. The maximum Gasteiger partial charge on any atom is 0.303 e. The maximum atomic E-state index is 10.6. The van der Waals surface area contributed by atoms with Crippen LogP contribution in [0.5, 0.6) is 0 Å². The number of aliphatic hydroxyl groups excluding tert-OH is 1. The van der Waals surface area contributed by atoms with Crippen LogP contribution < -0.4 is 0 Å². The van der Waals surface area contributed by atoms with Gasteiger partial charge in [-0.2, -0.15) is 0 Å². The molecule has 0 spiro atoms. The molecule has 0 aromatic rings. The second-order valence-electron chi connectivity index (χ2n) is 8.57. The molecule has 0 heterocycles. The third-order valence-electron chi connectivity index (χ3n) is 6.07. The van der Waals surface area contributed by atoms with E-state index >= 15 is 0 Å². The van der Waals surface area contributed by atoms with Gasteiger partial charge in [-0.1, -0.05) is 43.6 Å². The highest BCUT2D eigenvalue weighted by Crippen LogP contribution is 2.48. The van der Waals surface area contributed by atoms with Gasteiger partial charge in [0.05, 0.1) is 11.7 Å². The number of unbranched alkanes of at least 4 members (excludes halogenated alkanes) is 2. The predicted octanol–water partition coefficient (Wildman–Crippen LogP) is 4.46. The molecule has 4 heteroatoms. The summed E-state index contributed by atoms with van der Waals surface area (Å²) in [4.78, 5) is 10.6. The Kier molecular flexibility index (Phi) is 7.90. The lowest BCUT2D eigenvalue weighted by Gasteiger charge is -2.22. The van der Waals surface area contributed by atoms with E-state index in [9.17, 15) is 15.0 Å². The zero-order valence-corrected chi connectivity index (χ0v) is 16.4. The van der Waals surface area contributed by atoms with E-state index in [1.165, 1.54) is 5.57 Å². The SMILES string of the molecule is CCCC[C@](C)(O)C/C=C/[C@H]1[C@H]2CC(CCCCC(=O)O)=C[C@H]2C[C@H]1O. The summed E-state index contributed by atoms with van der Waals surface area (Å²) in [5.41, 5.74) is 0.782.